The smallest absolute Gasteiger partial charge is 0.229 e. The highest BCUT2D eigenvalue weighted by atomic mass is 16.5. The minimum Gasteiger partial charge on any atom is -0.492 e. The summed E-state index contributed by atoms with van der Waals surface area (Å²) < 4.78 is 11.7. The summed E-state index contributed by atoms with van der Waals surface area (Å²) in [6, 6.07) is 26.9. The molecule has 0 aliphatic carbocycles. The van der Waals surface area contributed by atoms with Crippen molar-refractivity contribution >= 4 is 23.1 Å². The molecule has 3 aromatic carbocycles. The maximum atomic E-state index is 6.00. The zero-order chi connectivity index (χ0) is 20.6. The fourth-order valence-electron chi connectivity index (χ4n) is 2.87. The van der Waals surface area contributed by atoms with E-state index in [2.05, 4.69) is 20.6 Å². The molecule has 2 N–H and O–H groups in total. The van der Waals surface area contributed by atoms with Gasteiger partial charge in [0.1, 0.15) is 17.3 Å². The van der Waals surface area contributed by atoms with Gasteiger partial charge in [-0.1, -0.05) is 42.5 Å². The number of para-hydroxylation sites is 5. The van der Waals surface area contributed by atoms with Crippen LogP contribution in [0.5, 0.6) is 17.2 Å². The lowest BCUT2D eigenvalue weighted by Gasteiger charge is -2.14. The number of rotatable bonds is 8. The summed E-state index contributed by atoms with van der Waals surface area (Å²) in [5.74, 6) is 3.33. The van der Waals surface area contributed by atoms with Crippen LogP contribution in [0.15, 0.2) is 91.1 Å². The van der Waals surface area contributed by atoms with Crippen LogP contribution in [0.25, 0.3) is 0 Å². The van der Waals surface area contributed by atoms with Gasteiger partial charge in [-0.2, -0.15) is 4.98 Å². The van der Waals surface area contributed by atoms with E-state index in [0.29, 0.717) is 24.1 Å². The Morgan fingerprint density at radius 1 is 0.733 bits per heavy atom. The Kier molecular flexibility index (Phi) is 6.05. The molecule has 6 nitrogen and oxygen atoms in total. The molecule has 4 rings (SSSR count). The van der Waals surface area contributed by atoms with Crippen molar-refractivity contribution in [3.05, 3.63) is 91.1 Å². The Labute approximate surface area is 175 Å². The standard InChI is InChI=1S/C24H22N4O2/c1-2-29-21-14-8-6-12-19(21)26-23-16-17-25-24(28-23)27-20-13-7-9-15-22(20)30-18-10-4-3-5-11-18/h3-17H,2H2,1H3,(H2,25,26,27,28). The van der Waals surface area contributed by atoms with E-state index in [0.717, 1.165) is 22.9 Å². The topological polar surface area (TPSA) is 68.3 Å². The third-order valence-electron chi connectivity index (χ3n) is 4.21. The van der Waals surface area contributed by atoms with Gasteiger partial charge in [-0.05, 0) is 49.4 Å². The molecule has 0 unspecified atom stereocenters. The minimum atomic E-state index is 0.456. The summed E-state index contributed by atoms with van der Waals surface area (Å²) in [4.78, 5) is 8.90. The highest BCUT2D eigenvalue weighted by Gasteiger charge is 2.08. The molecule has 1 heterocycles. The summed E-state index contributed by atoms with van der Waals surface area (Å²) in [7, 11) is 0. The lowest BCUT2D eigenvalue weighted by atomic mass is 10.3. The van der Waals surface area contributed by atoms with Crippen molar-refractivity contribution in [2.24, 2.45) is 0 Å². The van der Waals surface area contributed by atoms with Gasteiger partial charge in [0.2, 0.25) is 5.95 Å². The van der Waals surface area contributed by atoms with Gasteiger partial charge in [-0.25, -0.2) is 4.98 Å². The fraction of sp³-hybridized carbons (Fsp3) is 0.0833. The first-order chi connectivity index (χ1) is 14.8. The van der Waals surface area contributed by atoms with E-state index in [1.807, 2.05) is 85.8 Å². The van der Waals surface area contributed by atoms with Crippen LogP contribution in [0.1, 0.15) is 6.92 Å². The molecule has 0 aliphatic rings. The van der Waals surface area contributed by atoms with Crippen LogP contribution in [0.3, 0.4) is 0 Å². The molecule has 0 radical (unpaired) electrons. The third kappa shape index (κ3) is 4.86. The van der Waals surface area contributed by atoms with Gasteiger partial charge in [0.25, 0.3) is 0 Å². The molecule has 150 valence electrons. The van der Waals surface area contributed by atoms with Crippen molar-refractivity contribution in [2.45, 2.75) is 6.92 Å². The SMILES string of the molecule is CCOc1ccccc1Nc1ccnc(Nc2ccccc2Oc2ccccc2)n1. The number of nitrogens with zero attached hydrogens (tertiary/aromatic N) is 2. The molecule has 0 spiro atoms. The van der Waals surface area contributed by atoms with Crippen molar-refractivity contribution in [3.63, 3.8) is 0 Å². The zero-order valence-electron chi connectivity index (χ0n) is 16.6. The van der Waals surface area contributed by atoms with E-state index in [1.165, 1.54) is 0 Å². The minimum absolute atomic E-state index is 0.456. The van der Waals surface area contributed by atoms with Gasteiger partial charge >= 0.3 is 0 Å². The fourth-order valence-corrected chi connectivity index (χ4v) is 2.87. The molecule has 0 saturated heterocycles. The molecule has 0 aliphatic heterocycles. The quantitative estimate of drug-likeness (QED) is 0.371. The van der Waals surface area contributed by atoms with Gasteiger partial charge in [0.05, 0.1) is 18.0 Å². The molecule has 0 bridgehead atoms. The van der Waals surface area contributed by atoms with Gasteiger partial charge < -0.3 is 20.1 Å². The van der Waals surface area contributed by atoms with Gasteiger partial charge in [0, 0.05) is 6.20 Å². The number of hydrogen-bond acceptors (Lipinski definition) is 6. The second-order valence-electron chi connectivity index (χ2n) is 6.36. The average molecular weight is 398 g/mol. The van der Waals surface area contributed by atoms with Crippen molar-refractivity contribution < 1.29 is 9.47 Å². The first kappa shape index (κ1) is 19.3. The van der Waals surface area contributed by atoms with Gasteiger partial charge in [-0.15, -0.1) is 0 Å². The summed E-state index contributed by atoms with van der Waals surface area (Å²) >= 11 is 0. The number of nitrogens with one attached hydrogen (secondary N) is 2. The molecule has 1 aromatic heterocycles. The third-order valence-corrected chi connectivity index (χ3v) is 4.21. The molecule has 0 fully saturated rings. The van der Waals surface area contributed by atoms with E-state index in [1.54, 1.807) is 12.3 Å². The lowest BCUT2D eigenvalue weighted by molar-refractivity contribution is 0.342. The first-order valence-corrected chi connectivity index (χ1v) is 9.72. The van der Waals surface area contributed by atoms with Crippen LogP contribution >= 0.6 is 0 Å². The maximum Gasteiger partial charge on any atom is 0.229 e. The zero-order valence-corrected chi connectivity index (χ0v) is 16.6. The van der Waals surface area contributed by atoms with Crippen LogP contribution < -0.4 is 20.1 Å². The average Bonchev–Trinajstić information content (AvgIpc) is 2.78. The van der Waals surface area contributed by atoms with Crippen LogP contribution in [-0.2, 0) is 0 Å². The van der Waals surface area contributed by atoms with Gasteiger partial charge in [0.15, 0.2) is 5.75 Å². The van der Waals surface area contributed by atoms with E-state index >= 15 is 0 Å². The molecule has 0 atom stereocenters. The van der Waals surface area contributed by atoms with E-state index in [-0.39, 0.29) is 0 Å². The van der Waals surface area contributed by atoms with Gasteiger partial charge in [-0.3, -0.25) is 0 Å². The largest absolute Gasteiger partial charge is 0.492 e. The summed E-state index contributed by atoms with van der Waals surface area (Å²) in [6.45, 7) is 2.55. The molecular formula is C24H22N4O2. The Morgan fingerprint density at radius 3 is 2.17 bits per heavy atom. The predicted octanol–water partition coefficient (Wildman–Crippen LogP) is 6.15. The van der Waals surface area contributed by atoms with Crippen molar-refractivity contribution in [2.75, 3.05) is 17.2 Å². The highest BCUT2D eigenvalue weighted by molar-refractivity contribution is 5.67. The van der Waals surface area contributed by atoms with Crippen molar-refractivity contribution in [3.8, 4) is 17.2 Å². The number of hydrogen-bond donors (Lipinski definition) is 2. The predicted molar refractivity (Wildman–Crippen MR) is 119 cm³/mol. The normalized spacial score (nSPS) is 10.3. The molecule has 0 amide bonds. The number of anilines is 4. The van der Waals surface area contributed by atoms with Crippen molar-refractivity contribution in [1.29, 1.82) is 0 Å². The monoisotopic (exact) mass is 398 g/mol. The summed E-state index contributed by atoms with van der Waals surface area (Å²) in [5.41, 5.74) is 1.62. The van der Waals surface area contributed by atoms with E-state index < -0.39 is 0 Å². The van der Waals surface area contributed by atoms with Crippen molar-refractivity contribution in [1.82, 2.24) is 9.97 Å². The molecule has 6 heteroatoms. The Balaban J connectivity index is 1.53. The second kappa shape index (κ2) is 9.43. The summed E-state index contributed by atoms with van der Waals surface area (Å²) in [5, 5.41) is 6.53. The number of ether oxygens (including phenoxy) is 2. The Hall–Kier alpha value is -4.06. The van der Waals surface area contributed by atoms with Crippen LogP contribution in [-0.4, -0.2) is 16.6 Å². The second-order valence-corrected chi connectivity index (χ2v) is 6.36. The number of benzene rings is 3. The molecule has 0 saturated carbocycles. The number of aromatic nitrogens is 2. The Bertz CT molecular complexity index is 1100. The molecule has 30 heavy (non-hydrogen) atoms. The first-order valence-electron chi connectivity index (χ1n) is 9.72. The van der Waals surface area contributed by atoms with Crippen LogP contribution in [0.4, 0.5) is 23.1 Å². The van der Waals surface area contributed by atoms with Crippen LogP contribution in [0.2, 0.25) is 0 Å². The molecular weight excluding hydrogens is 376 g/mol. The van der Waals surface area contributed by atoms with E-state index in [9.17, 15) is 0 Å². The maximum absolute atomic E-state index is 6.00. The highest BCUT2D eigenvalue weighted by Crippen LogP contribution is 2.31. The van der Waals surface area contributed by atoms with E-state index in [4.69, 9.17) is 9.47 Å². The molecule has 4 aromatic rings. The summed E-state index contributed by atoms with van der Waals surface area (Å²) in [6.07, 6.45) is 1.70. The van der Waals surface area contributed by atoms with Crippen LogP contribution in [0, 0.1) is 0 Å². The Morgan fingerprint density at radius 2 is 1.40 bits per heavy atom. The lowest BCUT2D eigenvalue weighted by Crippen LogP contribution is -2.02.